The number of anilines is 1. The highest BCUT2D eigenvalue weighted by Crippen LogP contribution is 2.39. The number of nitrogens with one attached hydrogen (secondary N) is 1. The lowest BCUT2D eigenvalue weighted by Crippen LogP contribution is -2.50. The molecule has 2 aromatic carbocycles. The summed E-state index contributed by atoms with van der Waals surface area (Å²) in [6.45, 7) is 5.13. The van der Waals surface area contributed by atoms with Crippen molar-refractivity contribution >= 4 is 47.0 Å². The lowest BCUT2D eigenvalue weighted by Gasteiger charge is -2.27. The molecule has 0 fully saturated rings. The quantitative estimate of drug-likeness (QED) is 0.615. The Balaban J connectivity index is 2.02. The van der Waals surface area contributed by atoms with Gasteiger partial charge in [-0.2, -0.15) is 0 Å². The summed E-state index contributed by atoms with van der Waals surface area (Å²) in [4.78, 5) is 39.6. The van der Waals surface area contributed by atoms with E-state index >= 15 is 4.39 Å². The van der Waals surface area contributed by atoms with Crippen LogP contribution in [0, 0.1) is 5.82 Å². The SMILES string of the molecule is COC(=O)c1ccc2c(c1F)N(Cc1ccc(Cl)cc1)C(=O)[C@@H](NC(=O)OC(C)(C)C)CS2. The fourth-order valence-electron chi connectivity index (χ4n) is 3.21. The number of nitrogens with zero attached hydrogens (tertiary/aromatic N) is 1. The van der Waals surface area contributed by atoms with E-state index in [1.165, 1.54) is 22.7 Å². The number of hydrogen-bond acceptors (Lipinski definition) is 6. The van der Waals surface area contributed by atoms with Crippen molar-refractivity contribution in [2.45, 2.75) is 43.9 Å². The number of benzene rings is 2. The maximum absolute atomic E-state index is 15.5. The molecule has 176 valence electrons. The zero-order valence-corrected chi connectivity index (χ0v) is 20.2. The lowest BCUT2D eigenvalue weighted by molar-refractivity contribution is -0.120. The minimum atomic E-state index is -0.981. The molecule has 0 aliphatic carbocycles. The highest BCUT2D eigenvalue weighted by molar-refractivity contribution is 7.99. The Bertz CT molecular complexity index is 1070. The number of amides is 2. The maximum Gasteiger partial charge on any atom is 0.408 e. The highest BCUT2D eigenvalue weighted by Gasteiger charge is 2.36. The fourth-order valence-corrected chi connectivity index (χ4v) is 4.41. The Morgan fingerprint density at radius 3 is 2.48 bits per heavy atom. The standard InChI is InChI=1S/C23H24ClFN2O5S/c1-23(2,3)32-22(30)26-16-12-33-17-10-9-15(21(29)31-4)18(25)19(17)27(20(16)28)11-13-5-7-14(24)8-6-13/h5-10,16H,11-12H2,1-4H3,(H,26,30)/t16-/m0/s1. The van der Waals surface area contributed by atoms with E-state index in [0.29, 0.717) is 15.5 Å². The molecule has 0 aromatic heterocycles. The first-order valence-corrected chi connectivity index (χ1v) is 11.5. The summed E-state index contributed by atoms with van der Waals surface area (Å²) in [5, 5.41) is 3.10. The third-order valence-corrected chi connectivity index (χ3v) is 6.06. The van der Waals surface area contributed by atoms with Crippen LogP contribution in [0.4, 0.5) is 14.9 Å². The number of alkyl carbamates (subject to hydrolysis) is 1. The minimum absolute atomic E-state index is 0.00237. The normalized spacial score (nSPS) is 16.0. The Morgan fingerprint density at radius 1 is 1.21 bits per heavy atom. The number of thioether (sulfide) groups is 1. The van der Waals surface area contributed by atoms with Crippen molar-refractivity contribution in [1.29, 1.82) is 0 Å². The molecule has 0 bridgehead atoms. The van der Waals surface area contributed by atoms with E-state index < -0.39 is 35.4 Å². The van der Waals surface area contributed by atoms with Gasteiger partial charge < -0.3 is 19.7 Å². The molecule has 0 saturated heterocycles. The van der Waals surface area contributed by atoms with Gasteiger partial charge in [0, 0.05) is 15.7 Å². The number of esters is 1. The predicted octanol–water partition coefficient (Wildman–Crippen LogP) is 4.80. The molecule has 1 atom stereocenters. The zero-order valence-electron chi connectivity index (χ0n) is 18.6. The number of carbonyl (C=O) groups excluding carboxylic acids is 3. The Kier molecular flexibility index (Phi) is 7.54. The number of ether oxygens (including phenoxy) is 2. The van der Waals surface area contributed by atoms with E-state index in [9.17, 15) is 14.4 Å². The van der Waals surface area contributed by atoms with Gasteiger partial charge in [-0.15, -0.1) is 11.8 Å². The van der Waals surface area contributed by atoms with Crippen molar-refractivity contribution in [2.24, 2.45) is 0 Å². The van der Waals surface area contributed by atoms with Crippen LogP contribution in [0.25, 0.3) is 0 Å². The molecule has 0 radical (unpaired) electrons. The van der Waals surface area contributed by atoms with Gasteiger partial charge in [-0.1, -0.05) is 23.7 Å². The van der Waals surface area contributed by atoms with E-state index in [1.807, 2.05) is 0 Å². The van der Waals surface area contributed by atoms with Crippen LogP contribution < -0.4 is 10.2 Å². The van der Waals surface area contributed by atoms with E-state index in [0.717, 1.165) is 7.11 Å². The molecule has 1 aliphatic rings. The van der Waals surface area contributed by atoms with Crippen molar-refractivity contribution in [3.8, 4) is 0 Å². The first kappa shape index (κ1) is 24.9. The van der Waals surface area contributed by atoms with Crippen LogP contribution in [0.15, 0.2) is 41.3 Å². The average molecular weight is 495 g/mol. The predicted molar refractivity (Wildman–Crippen MR) is 124 cm³/mol. The molecule has 0 spiro atoms. The number of hydrogen-bond donors (Lipinski definition) is 1. The van der Waals surface area contributed by atoms with Gasteiger partial charge in [0.25, 0.3) is 5.91 Å². The summed E-state index contributed by atoms with van der Waals surface area (Å²) in [6.07, 6.45) is -0.755. The first-order valence-electron chi connectivity index (χ1n) is 10.1. The van der Waals surface area contributed by atoms with E-state index in [4.69, 9.17) is 16.3 Å². The van der Waals surface area contributed by atoms with Gasteiger partial charge in [0.1, 0.15) is 11.6 Å². The average Bonchev–Trinajstić information content (AvgIpc) is 2.86. The molecular weight excluding hydrogens is 471 g/mol. The molecule has 7 nitrogen and oxygen atoms in total. The van der Waals surface area contributed by atoms with Crippen LogP contribution in [0.5, 0.6) is 0 Å². The zero-order chi connectivity index (χ0) is 24.3. The number of halogens is 2. The number of rotatable bonds is 4. The third-order valence-electron chi connectivity index (χ3n) is 4.67. The summed E-state index contributed by atoms with van der Waals surface area (Å²) in [6, 6.07) is 8.65. The molecule has 1 heterocycles. The van der Waals surface area contributed by atoms with Gasteiger partial charge >= 0.3 is 12.1 Å². The smallest absolute Gasteiger partial charge is 0.408 e. The summed E-state index contributed by atoms with van der Waals surface area (Å²) in [5.41, 5.74) is -0.400. The first-order chi connectivity index (χ1) is 15.5. The fraction of sp³-hybridized carbons (Fsp3) is 0.348. The van der Waals surface area contributed by atoms with Gasteiger partial charge in [0.05, 0.1) is 24.9 Å². The lowest BCUT2D eigenvalue weighted by atomic mass is 10.1. The molecule has 2 aromatic rings. The van der Waals surface area contributed by atoms with Crippen molar-refractivity contribution in [2.75, 3.05) is 17.8 Å². The van der Waals surface area contributed by atoms with Gasteiger partial charge in [0.2, 0.25) is 0 Å². The molecule has 0 saturated carbocycles. The van der Waals surface area contributed by atoms with Crippen molar-refractivity contribution in [3.63, 3.8) is 0 Å². The maximum atomic E-state index is 15.5. The van der Waals surface area contributed by atoms with Gasteiger partial charge in [-0.25, -0.2) is 14.0 Å². The summed E-state index contributed by atoms with van der Waals surface area (Å²) >= 11 is 7.16. The second-order valence-electron chi connectivity index (χ2n) is 8.33. The van der Waals surface area contributed by atoms with Gasteiger partial charge in [-0.05, 0) is 50.6 Å². The third kappa shape index (κ3) is 5.97. The van der Waals surface area contributed by atoms with Crippen molar-refractivity contribution in [3.05, 3.63) is 58.4 Å². The number of carbonyl (C=O) groups is 3. The van der Waals surface area contributed by atoms with Crippen LogP contribution in [0.1, 0.15) is 36.7 Å². The largest absolute Gasteiger partial charge is 0.465 e. The Labute approximate surface area is 200 Å². The van der Waals surface area contributed by atoms with E-state index in [1.54, 1.807) is 51.1 Å². The molecule has 33 heavy (non-hydrogen) atoms. The molecule has 1 N–H and O–H groups in total. The van der Waals surface area contributed by atoms with Crippen LogP contribution >= 0.6 is 23.4 Å². The highest BCUT2D eigenvalue weighted by atomic mass is 35.5. The van der Waals surface area contributed by atoms with Crippen molar-refractivity contribution in [1.82, 2.24) is 5.32 Å². The van der Waals surface area contributed by atoms with Gasteiger partial charge in [-0.3, -0.25) is 4.79 Å². The van der Waals surface area contributed by atoms with Crippen LogP contribution in [-0.4, -0.2) is 42.5 Å². The molecule has 3 rings (SSSR count). The van der Waals surface area contributed by atoms with E-state index in [-0.39, 0.29) is 23.5 Å². The second-order valence-corrected chi connectivity index (χ2v) is 9.82. The number of methoxy groups -OCH3 is 1. The summed E-state index contributed by atoms with van der Waals surface area (Å²) in [7, 11) is 1.15. The summed E-state index contributed by atoms with van der Waals surface area (Å²) in [5.74, 6) is -2.11. The Morgan fingerprint density at radius 2 is 1.88 bits per heavy atom. The topological polar surface area (TPSA) is 84.9 Å². The molecule has 0 unspecified atom stereocenters. The molecule has 2 amide bonds. The summed E-state index contributed by atoms with van der Waals surface area (Å²) < 4.78 is 25.5. The molecular formula is C23H24ClFN2O5S. The van der Waals surface area contributed by atoms with E-state index in [2.05, 4.69) is 10.1 Å². The monoisotopic (exact) mass is 494 g/mol. The van der Waals surface area contributed by atoms with Crippen LogP contribution in [0.2, 0.25) is 5.02 Å². The second kappa shape index (κ2) is 10.0. The minimum Gasteiger partial charge on any atom is -0.465 e. The van der Waals surface area contributed by atoms with Crippen LogP contribution in [-0.2, 0) is 20.8 Å². The number of fused-ring (bicyclic) bond motifs is 1. The molecule has 10 heteroatoms. The molecule has 1 aliphatic heterocycles. The Hall–Kier alpha value is -2.78. The van der Waals surface area contributed by atoms with Gasteiger partial charge in [0.15, 0.2) is 5.82 Å². The van der Waals surface area contributed by atoms with Crippen molar-refractivity contribution < 1.29 is 28.2 Å². The van der Waals surface area contributed by atoms with Crippen LogP contribution in [0.3, 0.4) is 0 Å².